The Hall–Kier alpha value is -2.18. The molecule has 0 aliphatic carbocycles. The van der Waals surface area contributed by atoms with E-state index < -0.39 is 35.3 Å². The van der Waals surface area contributed by atoms with Gasteiger partial charge in [0.15, 0.2) is 0 Å². The maximum absolute atomic E-state index is 13.7. The number of benzene rings is 1. The third kappa shape index (κ3) is 7.08. The third-order valence-electron chi connectivity index (χ3n) is 2.84. The molecular formula is C16H21F2NO4. The molecule has 0 spiro atoms. The highest BCUT2D eigenvalue weighted by Gasteiger charge is 2.23. The Morgan fingerprint density at radius 2 is 1.91 bits per heavy atom. The maximum Gasteiger partial charge on any atom is 0.407 e. The van der Waals surface area contributed by atoms with Crippen LogP contribution in [0.4, 0.5) is 13.6 Å². The topological polar surface area (TPSA) is 64.6 Å². The molecule has 1 amide bonds. The molecule has 5 nitrogen and oxygen atoms in total. The van der Waals surface area contributed by atoms with Crippen LogP contribution in [0.3, 0.4) is 0 Å². The van der Waals surface area contributed by atoms with Crippen molar-refractivity contribution >= 4 is 12.1 Å². The monoisotopic (exact) mass is 329 g/mol. The van der Waals surface area contributed by atoms with E-state index in [1.54, 1.807) is 20.8 Å². The smallest absolute Gasteiger partial charge is 0.407 e. The minimum atomic E-state index is -0.784. The van der Waals surface area contributed by atoms with Crippen molar-refractivity contribution in [3.05, 3.63) is 35.4 Å². The van der Waals surface area contributed by atoms with Gasteiger partial charge in [-0.2, -0.15) is 0 Å². The van der Waals surface area contributed by atoms with Crippen LogP contribution in [0.25, 0.3) is 0 Å². The Bertz CT molecular complexity index is 570. The minimum absolute atomic E-state index is 0.0509. The van der Waals surface area contributed by atoms with Gasteiger partial charge < -0.3 is 14.8 Å². The fraction of sp³-hybridized carbons (Fsp3) is 0.500. The zero-order chi connectivity index (χ0) is 17.6. The Labute approximate surface area is 134 Å². The Balaban J connectivity index is 2.85. The van der Waals surface area contributed by atoms with Gasteiger partial charge in [-0.25, -0.2) is 13.6 Å². The molecular weight excluding hydrogens is 308 g/mol. The van der Waals surface area contributed by atoms with Crippen molar-refractivity contribution in [3.63, 3.8) is 0 Å². The highest BCUT2D eigenvalue weighted by atomic mass is 19.1. The Kier molecular flexibility index (Phi) is 6.48. The fourth-order valence-electron chi connectivity index (χ4n) is 1.90. The van der Waals surface area contributed by atoms with Crippen molar-refractivity contribution in [1.82, 2.24) is 5.32 Å². The molecule has 0 aliphatic rings. The molecule has 0 aliphatic heterocycles. The molecule has 1 aromatic rings. The lowest BCUT2D eigenvalue weighted by atomic mass is 10.0. The molecule has 1 rings (SSSR count). The van der Waals surface area contributed by atoms with E-state index in [1.165, 1.54) is 7.11 Å². The second-order valence-corrected chi connectivity index (χ2v) is 6.06. The summed E-state index contributed by atoms with van der Waals surface area (Å²) in [5.41, 5.74) is -0.667. The molecule has 1 aromatic carbocycles. The van der Waals surface area contributed by atoms with E-state index >= 15 is 0 Å². The van der Waals surface area contributed by atoms with Gasteiger partial charge in [0.1, 0.15) is 17.2 Å². The van der Waals surface area contributed by atoms with Crippen LogP contribution in [0.2, 0.25) is 0 Å². The number of carbonyl (C=O) groups is 2. The van der Waals surface area contributed by atoms with Crippen LogP contribution in [0.1, 0.15) is 32.8 Å². The first-order chi connectivity index (χ1) is 10.6. The van der Waals surface area contributed by atoms with E-state index in [0.717, 1.165) is 18.2 Å². The highest BCUT2D eigenvalue weighted by Crippen LogP contribution is 2.14. The van der Waals surface area contributed by atoms with Gasteiger partial charge in [-0.05, 0) is 51.0 Å². The number of halogens is 2. The summed E-state index contributed by atoms with van der Waals surface area (Å²) in [6.45, 7) is 5.07. The number of hydrogen-bond donors (Lipinski definition) is 1. The quantitative estimate of drug-likeness (QED) is 0.844. The van der Waals surface area contributed by atoms with E-state index in [2.05, 4.69) is 10.1 Å². The van der Waals surface area contributed by atoms with Crippen molar-refractivity contribution in [3.8, 4) is 0 Å². The van der Waals surface area contributed by atoms with Crippen molar-refractivity contribution < 1.29 is 27.8 Å². The van der Waals surface area contributed by atoms with Crippen LogP contribution in [0.15, 0.2) is 18.2 Å². The first-order valence-electron chi connectivity index (χ1n) is 7.11. The fourth-order valence-corrected chi connectivity index (χ4v) is 1.90. The molecule has 0 radical (unpaired) electrons. The van der Waals surface area contributed by atoms with Gasteiger partial charge in [-0.15, -0.1) is 0 Å². The molecule has 0 saturated carbocycles. The SMILES string of the molecule is COC(=O)C[C@@H](Cc1cc(F)ccc1F)NC(=O)OC(C)(C)C. The van der Waals surface area contributed by atoms with Crippen LogP contribution in [-0.4, -0.2) is 30.8 Å². The predicted molar refractivity (Wildman–Crippen MR) is 79.9 cm³/mol. The lowest BCUT2D eigenvalue weighted by molar-refractivity contribution is -0.141. The van der Waals surface area contributed by atoms with E-state index in [1.807, 2.05) is 0 Å². The molecule has 0 unspecified atom stereocenters. The number of alkyl carbamates (subject to hydrolysis) is 1. The molecule has 0 saturated heterocycles. The third-order valence-corrected chi connectivity index (χ3v) is 2.84. The molecule has 0 bridgehead atoms. The summed E-state index contributed by atoms with van der Waals surface area (Å²) < 4.78 is 36.6. The summed E-state index contributed by atoms with van der Waals surface area (Å²) in [6.07, 6.45) is -1.01. The van der Waals surface area contributed by atoms with Crippen molar-refractivity contribution in [2.75, 3.05) is 7.11 Å². The van der Waals surface area contributed by atoms with Crippen LogP contribution in [0, 0.1) is 11.6 Å². The van der Waals surface area contributed by atoms with Crippen molar-refractivity contribution in [1.29, 1.82) is 0 Å². The number of rotatable bonds is 5. The summed E-state index contributed by atoms with van der Waals surface area (Å²) in [4.78, 5) is 23.3. The van der Waals surface area contributed by atoms with E-state index in [-0.39, 0.29) is 18.4 Å². The number of ether oxygens (including phenoxy) is 2. The number of hydrogen-bond acceptors (Lipinski definition) is 4. The molecule has 1 N–H and O–H groups in total. The Morgan fingerprint density at radius 1 is 1.26 bits per heavy atom. The first-order valence-corrected chi connectivity index (χ1v) is 7.11. The average Bonchev–Trinajstić information content (AvgIpc) is 2.40. The second kappa shape index (κ2) is 7.89. The zero-order valence-corrected chi connectivity index (χ0v) is 13.6. The number of nitrogens with one attached hydrogen (secondary N) is 1. The van der Waals surface area contributed by atoms with Gasteiger partial charge in [0.25, 0.3) is 0 Å². The standard InChI is InChI=1S/C16H21F2NO4/c1-16(2,3)23-15(21)19-12(9-14(20)22-4)8-10-7-11(17)5-6-13(10)18/h5-7,12H,8-9H2,1-4H3,(H,19,21)/t12-/m1/s1. The molecule has 0 heterocycles. The molecule has 0 aromatic heterocycles. The zero-order valence-electron chi connectivity index (χ0n) is 13.6. The summed E-state index contributed by atoms with van der Waals surface area (Å²) in [5, 5.41) is 2.48. The van der Waals surface area contributed by atoms with Gasteiger partial charge in [0, 0.05) is 6.04 Å². The van der Waals surface area contributed by atoms with Gasteiger partial charge in [-0.1, -0.05) is 0 Å². The molecule has 128 valence electrons. The Morgan fingerprint density at radius 3 is 2.48 bits per heavy atom. The summed E-state index contributed by atoms with van der Waals surface area (Å²) in [5.74, 6) is -1.80. The van der Waals surface area contributed by atoms with E-state index in [0.29, 0.717) is 0 Å². The molecule has 0 fully saturated rings. The lowest BCUT2D eigenvalue weighted by Crippen LogP contribution is -2.41. The van der Waals surface area contributed by atoms with Crippen molar-refractivity contribution in [2.24, 2.45) is 0 Å². The molecule has 1 atom stereocenters. The van der Waals surface area contributed by atoms with Gasteiger partial charge in [0.05, 0.1) is 13.5 Å². The van der Waals surface area contributed by atoms with Gasteiger partial charge in [0.2, 0.25) is 0 Å². The minimum Gasteiger partial charge on any atom is -0.469 e. The summed E-state index contributed by atoms with van der Waals surface area (Å²) in [7, 11) is 1.20. The largest absolute Gasteiger partial charge is 0.469 e. The first kappa shape index (κ1) is 18.9. The number of esters is 1. The normalized spacial score (nSPS) is 12.4. The van der Waals surface area contributed by atoms with E-state index in [4.69, 9.17) is 4.74 Å². The summed E-state index contributed by atoms with van der Waals surface area (Å²) in [6, 6.07) is 2.23. The highest BCUT2D eigenvalue weighted by molar-refractivity contribution is 5.72. The molecule has 7 heteroatoms. The van der Waals surface area contributed by atoms with Crippen LogP contribution in [0.5, 0.6) is 0 Å². The van der Waals surface area contributed by atoms with Crippen LogP contribution >= 0.6 is 0 Å². The number of amides is 1. The average molecular weight is 329 g/mol. The van der Waals surface area contributed by atoms with Crippen LogP contribution in [-0.2, 0) is 20.7 Å². The molecule has 23 heavy (non-hydrogen) atoms. The van der Waals surface area contributed by atoms with Gasteiger partial charge in [-0.3, -0.25) is 4.79 Å². The summed E-state index contributed by atoms with van der Waals surface area (Å²) >= 11 is 0. The maximum atomic E-state index is 13.7. The van der Waals surface area contributed by atoms with Gasteiger partial charge >= 0.3 is 12.1 Å². The van der Waals surface area contributed by atoms with Crippen LogP contribution < -0.4 is 5.32 Å². The van der Waals surface area contributed by atoms with Crippen molar-refractivity contribution in [2.45, 2.75) is 45.3 Å². The number of carbonyl (C=O) groups excluding carboxylic acids is 2. The second-order valence-electron chi connectivity index (χ2n) is 6.06. The predicted octanol–water partition coefficient (Wildman–Crippen LogP) is 2.96. The van der Waals surface area contributed by atoms with E-state index in [9.17, 15) is 18.4 Å². The lowest BCUT2D eigenvalue weighted by Gasteiger charge is -2.23. The number of methoxy groups -OCH3 is 1.